The smallest absolute Gasteiger partial charge is 0.274 e. The number of rotatable bonds is 5. The number of hydrogen-bond acceptors (Lipinski definition) is 4. The molecule has 1 amide bonds. The first-order valence-corrected chi connectivity index (χ1v) is 8.69. The number of carbonyl (C=O) groups excluding carboxylic acids is 1. The van der Waals surface area contributed by atoms with Crippen LogP contribution in [-0.2, 0) is 0 Å². The Balaban J connectivity index is 1.85. The van der Waals surface area contributed by atoms with Gasteiger partial charge in [0.25, 0.3) is 5.91 Å². The van der Waals surface area contributed by atoms with Crippen molar-refractivity contribution in [3.05, 3.63) is 77.1 Å². The number of para-hydroxylation sites is 1. The lowest BCUT2D eigenvalue weighted by Crippen LogP contribution is -2.21. The van der Waals surface area contributed by atoms with E-state index >= 15 is 0 Å². The Labute approximate surface area is 157 Å². The molecule has 0 aliphatic carbocycles. The predicted molar refractivity (Wildman–Crippen MR) is 105 cm³/mol. The number of nitrogens with one attached hydrogen (secondary N) is 1. The number of aryl methyl sites for hydroxylation is 1. The van der Waals surface area contributed by atoms with Gasteiger partial charge in [0.1, 0.15) is 5.69 Å². The van der Waals surface area contributed by atoms with Gasteiger partial charge < -0.3 is 10.2 Å². The Morgan fingerprint density at radius 1 is 1.15 bits per heavy atom. The van der Waals surface area contributed by atoms with Crippen LogP contribution in [0.4, 0.5) is 17.3 Å². The third-order valence-corrected chi connectivity index (χ3v) is 4.17. The van der Waals surface area contributed by atoms with Gasteiger partial charge in [-0.1, -0.05) is 29.8 Å². The average molecular weight is 367 g/mol. The normalized spacial score (nSPS) is 10.4. The van der Waals surface area contributed by atoms with E-state index in [0.717, 1.165) is 11.3 Å². The Morgan fingerprint density at radius 3 is 2.62 bits per heavy atom. The van der Waals surface area contributed by atoms with Crippen LogP contribution in [0, 0.1) is 6.92 Å². The third kappa shape index (κ3) is 4.00. The van der Waals surface area contributed by atoms with E-state index < -0.39 is 0 Å². The number of aromatic nitrogens is 2. The van der Waals surface area contributed by atoms with Gasteiger partial charge in [-0.05, 0) is 55.8 Å². The summed E-state index contributed by atoms with van der Waals surface area (Å²) in [6.45, 7) is 4.59. The molecule has 3 rings (SSSR count). The summed E-state index contributed by atoms with van der Waals surface area (Å²) < 4.78 is 0. The molecule has 0 aliphatic heterocycles. The fourth-order valence-corrected chi connectivity index (χ4v) is 2.83. The molecule has 26 heavy (non-hydrogen) atoms. The molecule has 0 atom stereocenters. The molecule has 1 heterocycles. The number of hydrogen-bond donors (Lipinski definition) is 1. The maximum Gasteiger partial charge on any atom is 0.274 e. The van der Waals surface area contributed by atoms with Crippen molar-refractivity contribution >= 4 is 34.8 Å². The Bertz CT molecular complexity index is 915. The zero-order valence-corrected chi connectivity index (χ0v) is 15.4. The predicted octanol–water partition coefficient (Wildman–Crippen LogP) is 4.85. The summed E-state index contributed by atoms with van der Waals surface area (Å²) in [6.07, 6.45) is 1.59. The van der Waals surface area contributed by atoms with Crippen LogP contribution >= 0.6 is 11.6 Å². The van der Waals surface area contributed by atoms with Crippen molar-refractivity contribution in [2.24, 2.45) is 0 Å². The molecule has 0 aliphatic rings. The minimum Gasteiger partial charge on any atom is -0.320 e. The van der Waals surface area contributed by atoms with Gasteiger partial charge in [0, 0.05) is 29.1 Å². The van der Waals surface area contributed by atoms with Gasteiger partial charge in [0.2, 0.25) is 5.95 Å². The Hall–Kier alpha value is -2.92. The fraction of sp³-hybridized carbons (Fsp3) is 0.150. The van der Waals surface area contributed by atoms with Gasteiger partial charge in [0.15, 0.2) is 0 Å². The van der Waals surface area contributed by atoms with E-state index in [1.54, 1.807) is 30.5 Å². The quantitative estimate of drug-likeness (QED) is 0.701. The van der Waals surface area contributed by atoms with Crippen LogP contribution in [0.1, 0.15) is 23.0 Å². The number of carbonyl (C=O) groups is 1. The van der Waals surface area contributed by atoms with Gasteiger partial charge in [-0.3, -0.25) is 4.79 Å². The molecule has 0 unspecified atom stereocenters. The van der Waals surface area contributed by atoms with E-state index in [1.807, 2.05) is 49.1 Å². The largest absolute Gasteiger partial charge is 0.320 e. The first-order valence-electron chi connectivity index (χ1n) is 8.31. The number of amides is 1. The standard InChI is InChI=1S/C20H19ClN4O/c1-3-25(16-7-5-4-6-8-16)20-22-12-11-18(24-20)19(26)23-17-10-9-15(21)13-14(17)2/h4-13H,3H2,1-2H3,(H,23,26). The van der Waals surface area contributed by atoms with Gasteiger partial charge in [-0.2, -0.15) is 0 Å². The fourth-order valence-electron chi connectivity index (χ4n) is 2.61. The molecule has 6 heteroatoms. The van der Waals surface area contributed by atoms with E-state index in [1.165, 1.54) is 0 Å². The molecule has 0 fully saturated rings. The molecule has 3 aromatic rings. The summed E-state index contributed by atoms with van der Waals surface area (Å²) in [6, 6.07) is 16.8. The molecule has 1 aromatic heterocycles. The van der Waals surface area contributed by atoms with Crippen LogP contribution in [0.2, 0.25) is 5.02 Å². The Kier molecular flexibility index (Phi) is 5.49. The highest BCUT2D eigenvalue weighted by Crippen LogP contribution is 2.22. The van der Waals surface area contributed by atoms with Crippen molar-refractivity contribution in [3.63, 3.8) is 0 Å². The van der Waals surface area contributed by atoms with Crippen LogP contribution in [0.3, 0.4) is 0 Å². The van der Waals surface area contributed by atoms with Crippen molar-refractivity contribution < 1.29 is 4.79 Å². The topological polar surface area (TPSA) is 58.1 Å². The first-order chi connectivity index (χ1) is 12.6. The van der Waals surface area contributed by atoms with Crippen molar-refractivity contribution in [3.8, 4) is 0 Å². The second-order valence-electron chi connectivity index (χ2n) is 5.74. The lowest BCUT2D eigenvalue weighted by molar-refractivity contribution is 0.102. The van der Waals surface area contributed by atoms with Crippen LogP contribution in [0.15, 0.2) is 60.8 Å². The number of nitrogens with zero attached hydrogens (tertiary/aromatic N) is 3. The van der Waals surface area contributed by atoms with E-state index in [-0.39, 0.29) is 5.91 Å². The molecule has 2 aromatic carbocycles. The zero-order valence-electron chi connectivity index (χ0n) is 14.6. The second-order valence-corrected chi connectivity index (χ2v) is 6.17. The van der Waals surface area contributed by atoms with Gasteiger partial charge >= 0.3 is 0 Å². The first kappa shape index (κ1) is 17.9. The lowest BCUT2D eigenvalue weighted by atomic mass is 10.2. The molecule has 0 spiro atoms. The van der Waals surface area contributed by atoms with Crippen molar-refractivity contribution in [2.45, 2.75) is 13.8 Å². The molecule has 5 nitrogen and oxygen atoms in total. The second kappa shape index (κ2) is 7.97. The van der Waals surface area contributed by atoms with Crippen LogP contribution in [0.5, 0.6) is 0 Å². The minimum atomic E-state index is -0.289. The SMILES string of the molecule is CCN(c1ccccc1)c1nccc(C(=O)Nc2ccc(Cl)cc2C)n1. The highest BCUT2D eigenvalue weighted by Gasteiger charge is 2.14. The minimum absolute atomic E-state index is 0.289. The number of halogens is 1. The molecule has 0 radical (unpaired) electrons. The summed E-state index contributed by atoms with van der Waals surface area (Å²) in [5.41, 5.74) is 2.87. The van der Waals surface area contributed by atoms with Crippen LogP contribution in [-0.4, -0.2) is 22.4 Å². The van der Waals surface area contributed by atoms with Crippen molar-refractivity contribution in [1.29, 1.82) is 0 Å². The maximum absolute atomic E-state index is 12.6. The zero-order chi connectivity index (χ0) is 18.5. The third-order valence-electron chi connectivity index (χ3n) is 3.94. The molecule has 1 N–H and O–H groups in total. The van der Waals surface area contributed by atoms with E-state index in [2.05, 4.69) is 15.3 Å². The van der Waals surface area contributed by atoms with Crippen LogP contribution in [0.25, 0.3) is 0 Å². The summed E-state index contributed by atoms with van der Waals surface area (Å²) in [4.78, 5) is 23.3. The molecular weight excluding hydrogens is 348 g/mol. The lowest BCUT2D eigenvalue weighted by Gasteiger charge is -2.21. The number of benzene rings is 2. The van der Waals surface area contributed by atoms with Crippen molar-refractivity contribution in [2.75, 3.05) is 16.8 Å². The molecule has 0 bridgehead atoms. The van der Waals surface area contributed by atoms with E-state index in [4.69, 9.17) is 11.6 Å². The monoisotopic (exact) mass is 366 g/mol. The van der Waals surface area contributed by atoms with Gasteiger partial charge in [-0.15, -0.1) is 0 Å². The summed E-state index contributed by atoms with van der Waals surface area (Å²) >= 11 is 5.96. The Morgan fingerprint density at radius 2 is 1.92 bits per heavy atom. The summed E-state index contributed by atoms with van der Waals surface area (Å²) in [5.74, 6) is 0.197. The van der Waals surface area contributed by atoms with E-state index in [9.17, 15) is 4.79 Å². The van der Waals surface area contributed by atoms with E-state index in [0.29, 0.717) is 28.9 Å². The van der Waals surface area contributed by atoms with Gasteiger partial charge in [-0.25, -0.2) is 9.97 Å². The molecule has 132 valence electrons. The highest BCUT2D eigenvalue weighted by molar-refractivity contribution is 6.30. The molecule has 0 saturated carbocycles. The maximum atomic E-state index is 12.6. The average Bonchev–Trinajstić information content (AvgIpc) is 2.66. The van der Waals surface area contributed by atoms with Crippen LogP contribution < -0.4 is 10.2 Å². The number of anilines is 3. The van der Waals surface area contributed by atoms with Crippen molar-refractivity contribution in [1.82, 2.24) is 9.97 Å². The summed E-state index contributed by atoms with van der Waals surface area (Å²) in [7, 11) is 0. The molecular formula is C20H19ClN4O. The highest BCUT2D eigenvalue weighted by atomic mass is 35.5. The molecule has 0 saturated heterocycles. The van der Waals surface area contributed by atoms with Gasteiger partial charge in [0.05, 0.1) is 0 Å². The summed E-state index contributed by atoms with van der Waals surface area (Å²) in [5, 5.41) is 3.50.